The van der Waals surface area contributed by atoms with Crippen LogP contribution in [0, 0.1) is 0 Å². The fourth-order valence-corrected chi connectivity index (χ4v) is 1.52. The summed E-state index contributed by atoms with van der Waals surface area (Å²) in [7, 11) is 1.76. The Morgan fingerprint density at radius 3 is 2.79 bits per heavy atom. The third-order valence-corrected chi connectivity index (χ3v) is 2.33. The highest BCUT2D eigenvalue weighted by Crippen LogP contribution is 2.32. The molecule has 0 radical (unpaired) electrons. The smallest absolute Gasteiger partial charge is 0.416 e. The maximum atomic E-state index is 12.5. The Morgan fingerprint density at radius 2 is 2.11 bits per heavy atom. The van der Waals surface area contributed by atoms with E-state index in [9.17, 15) is 13.2 Å². The van der Waals surface area contributed by atoms with Gasteiger partial charge in [0.25, 0.3) is 0 Å². The number of alkyl halides is 3. The van der Waals surface area contributed by atoms with Gasteiger partial charge in [-0.15, -0.1) is 0 Å². The lowest BCUT2D eigenvalue weighted by molar-refractivity contribution is -0.137. The highest BCUT2D eigenvalue weighted by atomic mass is 19.4. The van der Waals surface area contributed by atoms with Crippen LogP contribution >= 0.6 is 0 Å². The molecular formula is C12H12F3N3O. The van der Waals surface area contributed by atoms with Gasteiger partial charge in [0, 0.05) is 0 Å². The molecule has 7 heteroatoms. The van der Waals surface area contributed by atoms with Gasteiger partial charge < -0.3 is 10.1 Å². The molecule has 0 fully saturated rings. The molecule has 2 aromatic rings. The number of nitrogens with one attached hydrogen (secondary N) is 1. The van der Waals surface area contributed by atoms with Crippen LogP contribution in [0.2, 0.25) is 0 Å². The van der Waals surface area contributed by atoms with Crippen LogP contribution in [0.15, 0.2) is 36.7 Å². The predicted molar refractivity (Wildman–Crippen MR) is 62.8 cm³/mol. The first kappa shape index (κ1) is 13.4. The predicted octanol–water partition coefficient (Wildman–Crippen LogP) is 2.87. The quantitative estimate of drug-likeness (QED) is 0.929. The third kappa shape index (κ3) is 3.47. The largest absolute Gasteiger partial charge is 0.454 e. The molecule has 0 saturated carbocycles. The second-order valence-electron chi connectivity index (χ2n) is 3.85. The summed E-state index contributed by atoms with van der Waals surface area (Å²) in [5.74, 6) is 0.508. The van der Waals surface area contributed by atoms with Crippen molar-refractivity contribution in [1.82, 2.24) is 15.1 Å². The summed E-state index contributed by atoms with van der Waals surface area (Å²) >= 11 is 0. The van der Waals surface area contributed by atoms with E-state index in [-0.39, 0.29) is 5.75 Å². The molecule has 1 aromatic heterocycles. The van der Waals surface area contributed by atoms with Crippen LogP contribution in [0.1, 0.15) is 5.56 Å². The summed E-state index contributed by atoms with van der Waals surface area (Å²) in [4.78, 5) is 0. The van der Waals surface area contributed by atoms with Crippen molar-refractivity contribution >= 4 is 0 Å². The number of nitrogens with zero attached hydrogens (tertiary/aromatic N) is 2. The molecule has 102 valence electrons. The van der Waals surface area contributed by atoms with Crippen LogP contribution in [0.5, 0.6) is 11.5 Å². The summed E-state index contributed by atoms with van der Waals surface area (Å²) < 4.78 is 44.5. The van der Waals surface area contributed by atoms with Crippen molar-refractivity contribution in [2.45, 2.75) is 12.8 Å². The molecule has 4 nitrogen and oxygen atoms in total. The minimum Gasteiger partial charge on any atom is -0.454 e. The molecule has 0 atom stereocenters. The second kappa shape index (κ2) is 5.31. The van der Waals surface area contributed by atoms with Gasteiger partial charge in [0.1, 0.15) is 5.75 Å². The number of ether oxygens (including phenoxy) is 1. The van der Waals surface area contributed by atoms with Crippen molar-refractivity contribution < 1.29 is 17.9 Å². The molecule has 0 aliphatic heterocycles. The maximum Gasteiger partial charge on any atom is 0.416 e. The topological polar surface area (TPSA) is 39.1 Å². The second-order valence-corrected chi connectivity index (χ2v) is 3.85. The highest BCUT2D eigenvalue weighted by Gasteiger charge is 2.30. The average molecular weight is 271 g/mol. The van der Waals surface area contributed by atoms with Crippen LogP contribution in [-0.4, -0.2) is 16.8 Å². The van der Waals surface area contributed by atoms with Gasteiger partial charge in [-0.3, -0.25) is 4.68 Å². The van der Waals surface area contributed by atoms with Crippen LogP contribution in [0.4, 0.5) is 13.2 Å². The first-order chi connectivity index (χ1) is 8.99. The molecule has 0 aliphatic carbocycles. The normalized spacial score (nSPS) is 11.6. The Balaban J connectivity index is 2.14. The molecule has 1 aromatic carbocycles. The van der Waals surface area contributed by atoms with E-state index >= 15 is 0 Å². The van der Waals surface area contributed by atoms with Gasteiger partial charge in [0.2, 0.25) is 0 Å². The van der Waals surface area contributed by atoms with E-state index in [4.69, 9.17) is 4.74 Å². The number of hydrogen-bond acceptors (Lipinski definition) is 3. The van der Waals surface area contributed by atoms with Crippen molar-refractivity contribution in [3.05, 3.63) is 42.2 Å². The van der Waals surface area contributed by atoms with Gasteiger partial charge in [-0.05, 0) is 25.2 Å². The Kier molecular flexibility index (Phi) is 3.75. The Hall–Kier alpha value is -2.02. The summed E-state index contributed by atoms with van der Waals surface area (Å²) in [5.41, 5.74) is -0.743. The molecule has 0 spiro atoms. The van der Waals surface area contributed by atoms with Gasteiger partial charge in [-0.1, -0.05) is 6.07 Å². The minimum atomic E-state index is -4.38. The number of halogens is 3. The zero-order valence-electron chi connectivity index (χ0n) is 10.1. The standard InChI is InChI=1S/C12H12F3N3O/c1-16-8-18-7-11(6-17-18)19-10-4-2-3-9(5-10)12(13,14)15/h2-7,16H,8H2,1H3. The molecule has 0 aliphatic rings. The monoisotopic (exact) mass is 271 g/mol. The summed E-state index contributed by atoms with van der Waals surface area (Å²) in [6.45, 7) is 0.492. The van der Waals surface area contributed by atoms with E-state index < -0.39 is 11.7 Å². The Morgan fingerprint density at radius 1 is 1.32 bits per heavy atom. The van der Waals surface area contributed by atoms with Crippen LogP contribution < -0.4 is 10.1 Å². The van der Waals surface area contributed by atoms with Gasteiger partial charge in [0.15, 0.2) is 5.75 Å². The van der Waals surface area contributed by atoms with E-state index in [1.165, 1.54) is 18.3 Å². The first-order valence-electron chi connectivity index (χ1n) is 5.51. The lowest BCUT2D eigenvalue weighted by Gasteiger charge is -2.08. The lowest BCUT2D eigenvalue weighted by atomic mass is 10.2. The molecule has 1 N–H and O–H groups in total. The molecule has 0 saturated heterocycles. The van der Waals surface area contributed by atoms with E-state index in [1.807, 2.05) is 0 Å². The molecular weight excluding hydrogens is 259 g/mol. The van der Waals surface area contributed by atoms with E-state index in [0.29, 0.717) is 12.4 Å². The van der Waals surface area contributed by atoms with Crippen molar-refractivity contribution in [1.29, 1.82) is 0 Å². The van der Waals surface area contributed by atoms with Gasteiger partial charge in [-0.25, -0.2) is 0 Å². The molecule has 0 bridgehead atoms. The summed E-state index contributed by atoms with van der Waals surface area (Å²) in [6.07, 6.45) is -1.34. The Bertz CT molecular complexity index is 551. The highest BCUT2D eigenvalue weighted by molar-refractivity contribution is 5.33. The third-order valence-electron chi connectivity index (χ3n) is 2.33. The maximum absolute atomic E-state index is 12.5. The van der Waals surface area contributed by atoms with Crippen molar-refractivity contribution in [3.63, 3.8) is 0 Å². The zero-order valence-corrected chi connectivity index (χ0v) is 10.1. The molecule has 1 heterocycles. The average Bonchev–Trinajstić information content (AvgIpc) is 2.76. The fraction of sp³-hybridized carbons (Fsp3) is 0.250. The van der Waals surface area contributed by atoms with Crippen LogP contribution in [0.25, 0.3) is 0 Å². The Labute approximate surface area is 107 Å². The fourth-order valence-electron chi connectivity index (χ4n) is 1.52. The molecule has 0 amide bonds. The zero-order chi connectivity index (χ0) is 13.9. The summed E-state index contributed by atoms with van der Waals surface area (Å²) in [6, 6.07) is 4.72. The van der Waals surface area contributed by atoms with E-state index in [2.05, 4.69) is 10.4 Å². The van der Waals surface area contributed by atoms with Crippen molar-refractivity contribution in [2.75, 3.05) is 7.05 Å². The van der Waals surface area contributed by atoms with Crippen LogP contribution in [-0.2, 0) is 12.8 Å². The molecule has 0 unspecified atom stereocenters. The number of aromatic nitrogens is 2. The van der Waals surface area contributed by atoms with Crippen LogP contribution in [0.3, 0.4) is 0 Å². The number of hydrogen-bond donors (Lipinski definition) is 1. The molecule has 2 rings (SSSR count). The van der Waals surface area contributed by atoms with Gasteiger partial charge >= 0.3 is 6.18 Å². The lowest BCUT2D eigenvalue weighted by Crippen LogP contribution is -2.12. The summed E-state index contributed by atoms with van der Waals surface area (Å²) in [5, 5.41) is 6.87. The van der Waals surface area contributed by atoms with Gasteiger partial charge in [-0.2, -0.15) is 18.3 Å². The number of benzene rings is 1. The van der Waals surface area contributed by atoms with Crippen molar-refractivity contribution in [2.24, 2.45) is 0 Å². The number of rotatable bonds is 4. The van der Waals surface area contributed by atoms with E-state index in [1.54, 1.807) is 17.9 Å². The SMILES string of the molecule is CNCn1cc(Oc2cccc(C(F)(F)F)c2)cn1. The first-order valence-corrected chi connectivity index (χ1v) is 5.51. The van der Waals surface area contributed by atoms with Crippen molar-refractivity contribution in [3.8, 4) is 11.5 Å². The minimum absolute atomic E-state index is 0.124. The van der Waals surface area contributed by atoms with E-state index in [0.717, 1.165) is 12.1 Å². The van der Waals surface area contributed by atoms with Gasteiger partial charge in [0.05, 0.1) is 24.6 Å². The molecule has 19 heavy (non-hydrogen) atoms.